The van der Waals surface area contributed by atoms with Crippen LogP contribution in [-0.4, -0.2) is 60.6 Å². The number of amides is 1. The summed E-state index contributed by atoms with van der Waals surface area (Å²) in [6.07, 6.45) is 1.24. The summed E-state index contributed by atoms with van der Waals surface area (Å²) in [5, 5.41) is 0. The number of hydrogen-bond donors (Lipinski definition) is 1. The van der Waals surface area contributed by atoms with Crippen molar-refractivity contribution in [1.82, 2.24) is 9.80 Å². The molecule has 1 fully saturated rings. The van der Waals surface area contributed by atoms with Gasteiger partial charge < -0.3 is 15.4 Å². The van der Waals surface area contributed by atoms with Crippen LogP contribution in [0.4, 0.5) is 0 Å². The van der Waals surface area contributed by atoms with Gasteiger partial charge in [0.05, 0.1) is 13.2 Å². The maximum atomic E-state index is 12.8. The number of carbonyl (C=O) groups is 1. The Bertz CT molecular complexity index is 497. The molecule has 150 valence electrons. The lowest BCUT2D eigenvalue weighted by molar-refractivity contribution is -0.134. The summed E-state index contributed by atoms with van der Waals surface area (Å²) in [6, 6.07) is 10.4. The predicted molar refractivity (Wildman–Crippen MR) is 111 cm³/mol. The largest absolute Gasteiger partial charge is 0.379 e. The maximum Gasteiger partial charge on any atom is 0.223 e. The van der Waals surface area contributed by atoms with E-state index >= 15 is 0 Å². The van der Waals surface area contributed by atoms with Crippen LogP contribution in [0.1, 0.15) is 32.3 Å². The molecule has 1 aliphatic rings. The van der Waals surface area contributed by atoms with Crippen LogP contribution >= 0.6 is 24.8 Å². The van der Waals surface area contributed by atoms with Crippen LogP contribution in [0.15, 0.2) is 30.3 Å². The van der Waals surface area contributed by atoms with E-state index in [1.807, 2.05) is 30.0 Å². The number of carbonyl (C=O) groups excluding carboxylic acids is 1. The number of rotatable bonds is 8. The molecule has 7 heteroatoms. The molecule has 0 radical (unpaired) electrons. The van der Waals surface area contributed by atoms with Crippen molar-refractivity contribution in [3.63, 3.8) is 0 Å². The minimum atomic E-state index is 0. The van der Waals surface area contributed by atoms with Crippen LogP contribution in [0.2, 0.25) is 0 Å². The third kappa shape index (κ3) is 8.69. The van der Waals surface area contributed by atoms with Crippen LogP contribution in [0, 0.1) is 0 Å². The van der Waals surface area contributed by atoms with Crippen molar-refractivity contribution in [2.24, 2.45) is 5.73 Å². The van der Waals surface area contributed by atoms with E-state index in [0.29, 0.717) is 13.0 Å². The molecule has 2 rings (SSSR count). The number of ether oxygens (including phenoxy) is 1. The minimum absolute atomic E-state index is 0. The van der Waals surface area contributed by atoms with E-state index in [1.165, 1.54) is 5.56 Å². The summed E-state index contributed by atoms with van der Waals surface area (Å²) >= 11 is 0. The second-order valence-electron chi connectivity index (χ2n) is 6.79. The Labute approximate surface area is 170 Å². The van der Waals surface area contributed by atoms with Gasteiger partial charge in [-0.25, -0.2) is 0 Å². The van der Waals surface area contributed by atoms with Gasteiger partial charge >= 0.3 is 0 Å². The highest BCUT2D eigenvalue weighted by Crippen LogP contribution is 2.13. The van der Waals surface area contributed by atoms with Crippen LogP contribution in [0.3, 0.4) is 0 Å². The summed E-state index contributed by atoms with van der Waals surface area (Å²) < 4.78 is 5.41. The Balaban J connectivity index is 0.00000312. The molecule has 0 aromatic heterocycles. The van der Waals surface area contributed by atoms with Crippen molar-refractivity contribution in [3.8, 4) is 0 Å². The molecule has 1 amide bonds. The van der Waals surface area contributed by atoms with Crippen molar-refractivity contribution in [2.75, 3.05) is 32.8 Å². The lowest BCUT2D eigenvalue weighted by Crippen LogP contribution is -2.48. The molecule has 0 saturated carbocycles. The van der Waals surface area contributed by atoms with Gasteiger partial charge in [0.2, 0.25) is 5.91 Å². The van der Waals surface area contributed by atoms with E-state index < -0.39 is 0 Å². The number of halogens is 2. The zero-order valence-electron chi connectivity index (χ0n) is 15.8. The van der Waals surface area contributed by atoms with E-state index in [0.717, 1.165) is 39.3 Å². The van der Waals surface area contributed by atoms with Gasteiger partial charge in [-0.2, -0.15) is 0 Å². The number of hydrogen-bond acceptors (Lipinski definition) is 4. The summed E-state index contributed by atoms with van der Waals surface area (Å²) in [6.45, 7) is 9.08. The van der Waals surface area contributed by atoms with Crippen molar-refractivity contribution < 1.29 is 9.53 Å². The van der Waals surface area contributed by atoms with Gasteiger partial charge in [0, 0.05) is 44.7 Å². The Morgan fingerprint density at radius 2 is 1.81 bits per heavy atom. The highest BCUT2D eigenvalue weighted by Gasteiger charge is 2.23. The SMILES string of the molecule is CC(N)CCC(=O)N(Cc1ccccc1)C(C)CN1CCOCC1.Cl.Cl. The second-order valence-corrected chi connectivity index (χ2v) is 6.79. The van der Waals surface area contributed by atoms with Crippen molar-refractivity contribution in [2.45, 2.75) is 45.3 Å². The van der Waals surface area contributed by atoms with Crippen molar-refractivity contribution in [1.29, 1.82) is 0 Å². The average Bonchev–Trinajstić information content (AvgIpc) is 2.59. The average molecular weight is 406 g/mol. The lowest BCUT2D eigenvalue weighted by Gasteiger charge is -2.35. The molecular formula is C19H33Cl2N3O2. The fraction of sp³-hybridized carbons (Fsp3) is 0.632. The Morgan fingerprint density at radius 3 is 2.38 bits per heavy atom. The number of nitrogens with two attached hydrogens (primary N) is 1. The van der Waals surface area contributed by atoms with Crippen LogP contribution in [-0.2, 0) is 16.1 Å². The van der Waals surface area contributed by atoms with Crippen LogP contribution in [0.25, 0.3) is 0 Å². The zero-order chi connectivity index (χ0) is 17.4. The molecule has 2 unspecified atom stereocenters. The fourth-order valence-electron chi connectivity index (χ4n) is 3.02. The Kier molecular flexibility index (Phi) is 12.9. The summed E-state index contributed by atoms with van der Waals surface area (Å²) in [5.41, 5.74) is 6.99. The summed E-state index contributed by atoms with van der Waals surface area (Å²) in [4.78, 5) is 17.1. The summed E-state index contributed by atoms with van der Waals surface area (Å²) in [7, 11) is 0. The smallest absolute Gasteiger partial charge is 0.223 e. The quantitative estimate of drug-likeness (QED) is 0.721. The third-order valence-corrected chi connectivity index (χ3v) is 4.49. The lowest BCUT2D eigenvalue weighted by atomic mass is 10.1. The topological polar surface area (TPSA) is 58.8 Å². The molecule has 1 aromatic carbocycles. The van der Waals surface area contributed by atoms with Gasteiger partial charge in [-0.05, 0) is 25.8 Å². The standard InChI is InChI=1S/C19H31N3O2.2ClH/c1-16(20)8-9-19(23)22(15-18-6-4-3-5-7-18)17(2)14-21-10-12-24-13-11-21;;/h3-7,16-17H,8-15,20H2,1-2H3;2*1H. The van der Waals surface area contributed by atoms with Gasteiger partial charge in [-0.1, -0.05) is 30.3 Å². The monoisotopic (exact) mass is 405 g/mol. The fourth-order valence-corrected chi connectivity index (χ4v) is 3.02. The Hall–Kier alpha value is -0.850. The molecule has 0 aliphatic carbocycles. The van der Waals surface area contributed by atoms with E-state index in [2.05, 4.69) is 24.0 Å². The zero-order valence-corrected chi connectivity index (χ0v) is 17.4. The van der Waals surface area contributed by atoms with E-state index in [4.69, 9.17) is 10.5 Å². The van der Waals surface area contributed by atoms with Crippen LogP contribution in [0.5, 0.6) is 0 Å². The number of nitrogens with zero attached hydrogens (tertiary/aromatic N) is 2. The van der Waals surface area contributed by atoms with E-state index in [-0.39, 0.29) is 42.8 Å². The third-order valence-electron chi connectivity index (χ3n) is 4.49. The second kappa shape index (κ2) is 13.3. The maximum absolute atomic E-state index is 12.8. The molecule has 2 atom stereocenters. The molecule has 1 aliphatic heterocycles. The minimum Gasteiger partial charge on any atom is -0.379 e. The molecule has 5 nitrogen and oxygen atoms in total. The van der Waals surface area contributed by atoms with Gasteiger partial charge in [0.15, 0.2) is 0 Å². The number of benzene rings is 1. The van der Waals surface area contributed by atoms with Crippen LogP contribution < -0.4 is 5.73 Å². The molecule has 0 bridgehead atoms. The Morgan fingerprint density at radius 1 is 1.19 bits per heavy atom. The normalized spacial score (nSPS) is 16.7. The van der Waals surface area contributed by atoms with Gasteiger partial charge in [-0.3, -0.25) is 9.69 Å². The molecule has 0 spiro atoms. The molecule has 1 saturated heterocycles. The van der Waals surface area contributed by atoms with E-state index in [1.54, 1.807) is 0 Å². The molecule has 1 heterocycles. The predicted octanol–water partition coefficient (Wildman–Crippen LogP) is 2.71. The van der Waals surface area contributed by atoms with Crippen molar-refractivity contribution in [3.05, 3.63) is 35.9 Å². The first-order chi connectivity index (χ1) is 11.6. The summed E-state index contributed by atoms with van der Waals surface area (Å²) in [5.74, 6) is 0.192. The first kappa shape index (κ1) is 25.1. The molecular weight excluding hydrogens is 373 g/mol. The first-order valence-electron chi connectivity index (χ1n) is 8.95. The molecule has 1 aromatic rings. The van der Waals surface area contributed by atoms with Gasteiger partial charge in [0.25, 0.3) is 0 Å². The van der Waals surface area contributed by atoms with Crippen molar-refractivity contribution >= 4 is 30.7 Å². The number of morpholine rings is 1. The van der Waals surface area contributed by atoms with Gasteiger partial charge in [0.1, 0.15) is 0 Å². The first-order valence-corrected chi connectivity index (χ1v) is 8.95. The molecule has 2 N–H and O–H groups in total. The highest BCUT2D eigenvalue weighted by atomic mass is 35.5. The highest BCUT2D eigenvalue weighted by molar-refractivity contribution is 5.85. The van der Waals surface area contributed by atoms with E-state index in [9.17, 15) is 4.79 Å². The van der Waals surface area contributed by atoms with Gasteiger partial charge in [-0.15, -0.1) is 24.8 Å². The molecule has 26 heavy (non-hydrogen) atoms.